The predicted molar refractivity (Wildman–Crippen MR) is 70.8 cm³/mol. The average molecular weight is 266 g/mol. The molecule has 0 N–H and O–H groups in total. The molecule has 0 aromatic carbocycles. The zero-order valence-electron chi connectivity index (χ0n) is 10.6. The number of aryl methyl sites for hydroxylation is 1. The Morgan fingerprint density at radius 3 is 2.61 bits per heavy atom. The summed E-state index contributed by atoms with van der Waals surface area (Å²) in [5, 5.41) is 0.954. The molecule has 0 bridgehead atoms. The first-order chi connectivity index (χ1) is 8.74. The predicted octanol–water partition coefficient (Wildman–Crippen LogP) is 1.30. The normalized spacial score (nSPS) is 20.9. The third-order valence-corrected chi connectivity index (χ3v) is 4.55. The fourth-order valence-corrected chi connectivity index (χ4v) is 3.27. The maximum Gasteiger partial charge on any atom is 0.229 e. The summed E-state index contributed by atoms with van der Waals surface area (Å²) >= 11 is 1.42. The van der Waals surface area contributed by atoms with Crippen molar-refractivity contribution < 1.29 is 4.79 Å². The highest BCUT2D eigenvalue weighted by molar-refractivity contribution is 7.09. The molecule has 0 radical (unpaired) electrons. The minimum absolute atomic E-state index is 0.173. The van der Waals surface area contributed by atoms with E-state index in [1.54, 1.807) is 0 Å². The summed E-state index contributed by atoms with van der Waals surface area (Å²) in [5.74, 6) is 1.33. The summed E-state index contributed by atoms with van der Waals surface area (Å²) in [6, 6.07) is 0. The van der Waals surface area contributed by atoms with Gasteiger partial charge in [0, 0.05) is 37.7 Å². The summed E-state index contributed by atoms with van der Waals surface area (Å²) in [7, 11) is 0. The van der Waals surface area contributed by atoms with Crippen LogP contribution >= 0.6 is 11.5 Å². The Bertz CT molecular complexity index is 435. The quantitative estimate of drug-likeness (QED) is 0.809. The van der Waals surface area contributed by atoms with Gasteiger partial charge >= 0.3 is 0 Å². The van der Waals surface area contributed by atoms with Crippen molar-refractivity contribution in [2.45, 2.75) is 26.2 Å². The van der Waals surface area contributed by atoms with E-state index in [4.69, 9.17) is 0 Å². The monoisotopic (exact) mass is 266 g/mol. The number of likely N-dealkylation sites (tertiary alicyclic amines) is 1. The van der Waals surface area contributed by atoms with Crippen LogP contribution in [0.25, 0.3) is 0 Å². The van der Waals surface area contributed by atoms with Gasteiger partial charge in [-0.1, -0.05) is 0 Å². The molecule has 6 heteroatoms. The second-order valence-electron chi connectivity index (χ2n) is 5.11. The Morgan fingerprint density at radius 2 is 2.00 bits per heavy atom. The van der Waals surface area contributed by atoms with Crippen molar-refractivity contribution in [3.63, 3.8) is 0 Å². The molecule has 2 fully saturated rings. The molecule has 2 aliphatic heterocycles. The molecule has 3 heterocycles. The van der Waals surface area contributed by atoms with Crippen molar-refractivity contribution in [2.75, 3.05) is 31.1 Å². The second-order valence-corrected chi connectivity index (χ2v) is 5.84. The van der Waals surface area contributed by atoms with E-state index in [2.05, 4.69) is 14.3 Å². The van der Waals surface area contributed by atoms with Crippen LogP contribution in [0.15, 0.2) is 0 Å². The molecule has 18 heavy (non-hydrogen) atoms. The SMILES string of the molecule is Cc1nsc(N2CC(C(=O)N3CCCCC3)C2)n1. The van der Waals surface area contributed by atoms with E-state index in [-0.39, 0.29) is 5.92 Å². The van der Waals surface area contributed by atoms with Gasteiger partial charge < -0.3 is 9.80 Å². The number of nitrogens with zero attached hydrogens (tertiary/aromatic N) is 4. The van der Waals surface area contributed by atoms with Crippen LogP contribution in [0.5, 0.6) is 0 Å². The van der Waals surface area contributed by atoms with Crippen LogP contribution in [-0.2, 0) is 4.79 Å². The highest BCUT2D eigenvalue weighted by atomic mass is 32.1. The lowest BCUT2D eigenvalue weighted by Gasteiger charge is -2.41. The van der Waals surface area contributed by atoms with Crippen LogP contribution in [0.3, 0.4) is 0 Å². The molecule has 1 aromatic rings. The van der Waals surface area contributed by atoms with E-state index in [1.807, 2.05) is 11.8 Å². The van der Waals surface area contributed by atoms with Gasteiger partial charge in [0.2, 0.25) is 11.0 Å². The molecule has 1 aromatic heterocycles. The van der Waals surface area contributed by atoms with Gasteiger partial charge in [-0.3, -0.25) is 4.79 Å². The van der Waals surface area contributed by atoms with Crippen LogP contribution in [0.2, 0.25) is 0 Å². The molecule has 0 unspecified atom stereocenters. The van der Waals surface area contributed by atoms with Gasteiger partial charge in [-0.15, -0.1) is 0 Å². The van der Waals surface area contributed by atoms with Crippen LogP contribution in [-0.4, -0.2) is 46.3 Å². The zero-order chi connectivity index (χ0) is 12.5. The van der Waals surface area contributed by atoms with Crippen molar-refractivity contribution in [3.8, 4) is 0 Å². The number of rotatable bonds is 2. The van der Waals surface area contributed by atoms with Crippen LogP contribution < -0.4 is 4.90 Å². The van der Waals surface area contributed by atoms with Crippen molar-refractivity contribution in [3.05, 3.63) is 5.82 Å². The van der Waals surface area contributed by atoms with Crippen LogP contribution in [0.4, 0.5) is 5.13 Å². The number of aromatic nitrogens is 2. The van der Waals surface area contributed by atoms with Crippen molar-refractivity contribution >= 4 is 22.6 Å². The first-order valence-corrected chi connectivity index (χ1v) is 7.35. The molecule has 2 saturated heterocycles. The molecule has 3 rings (SSSR count). The molecule has 5 nitrogen and oxygen atoms in total. The number of hydrogen-bond acceptors (Lipinski definition) is 5. The zero-order valence-corrected chi connectivity index (χ0v) is 11.4. The summed E-state index contributed by atoms with van der Waals surface area (Å²) in [6.45, 7) is 5.42. The number of anilines is 1. The van der Waals surface area contributed by atoms with E-state index in [0.717, 1.165) is 50.0 Å². The standard InChI is InChI=1S/C12H18N4OS/c1-9-13-12(18-14-9)16-7-10(8-16)11(17)15-5-3-2-4-6-15/h10H,2-8H2,1H3. The highest BCUT2D eigenvalue weighted by Gasteiger charge is 2.37. The molecular formula is C12H18N4OS. The largest absolute Gasteiger partial charge is 0.345 e. The van der Waals surface area contributed by atoms with Gasteiger partial charge in [-0.25, -0.2) is 4.98 Å². The molecule has 98 valence electrons. The Morgan fingerprint density at radius 1 is 1.28 bits per heavy atom. The first kappa shape index (κ1) is 11.9. The van der Waals surface area contributed by atoms with Crippen molar-refractivity contribution in [1.82, 2.24) is 14.3 Å². The van der Waals surface area contributed by atoms with E-state index in [0.29, 0.717) is 5.91 Å². The Labute approximate surface area is 111 Å². The van der Waals surface area contributed by atoms with Crippen LogP contribution in [0, 0.1) is 12.8 Å². The number of amides is 1. The van der Waals surface area contributed by atoms with Gasteiger partial charge in [-0.2, -0.15) is 4.37 Å². The average Bonchev–Trinajstić information content (AvgIpc) is 2.75. The molecule has 2 aliphatic rings. The van der Waals surface area contributed by atoms with Gasteiger partial charge in [0.15, 0.2) is 0 Å². The molecular weight excluding hydrogens is 248 g/mol. The fraction of sp³-hybridized carbons (Fsp3) is 0.750. The Balaban J connectivity index is 1.53. The lowest BCUT2D eigenvalue weighted by molar-refractivity contribution is -0.137. The summed E-state index contributed by atoms with van der Waals surface area (Å²) in [5.41, 5.74) is 0. The lowest BCUT2D eigenvalue weighted by Crippen LogP contribution is -2.55. The maximum atomic E-state index is 12.2. The smallest absolute Gasteiger partial charge is 0.229 e. The van der Waals surface area contributed by atoms with Crippen LogP contribution in [0.1, 0.15) is 25.1 Å². The minimum Gasteiger partial charge on any atom is -0.345 e. The second kappa shape index (κ2) is 4.84. The molecule has 0 atom stereocenters. The summed E-state index contributed by atoms with van der Waals surface area (Å²) in [6.07, 6.45) is 3.60. The molecule has 0 aliphatic carbocycles. The lowest BCUT2D eigenvalue weighted by atomic mass is 9.98. The first-order valence-electron chi connectivity index (χ1n) is 6.58. The summed E-state index contributed by atoms with van der Waals surface area (Å²) < 4.78 is 4.17. The highest BCUT2D eigenvalue weighted by Crippen LogP contribution is 2.27. The third-order valence-electron chi connectivity index (χ3n) is 3.69. The summed E-state index contributed by atoms with van der Waals surface area (Å²) in [4.78, 5) is 20.8. The van der Waals surface area contributed by atoms with Crippen molar-refractivity contribution in [1.29, 1.82) is 0 Å². The Kier molecular flexibility index (Phi) is 3.20. The number of hydrogen-bond donors (Lipinski definition) is 0. The minimum atomic E-state index is 0.173. The van der Waals surface area contributed by atoms with E-state index >= 15 is 0 Å². The maximum absolute atomic E-state index is 12.2. The number of carbonyl (C=O) groups is 1. The molecule has 0 spiro atoms. The van der Waals surface area contributed by atoms with Gasteiger partial charge in [0.05, 0.1) is 5.92 Å². The third kappa shape index (κ3) is 2.21. The van der Waals surface area contributed by atoms with E-state index in [9.17, 15) is 4.79 Å². The van der Waals surface area contributed by atoms with E-state index in [1.165, 1.54) is 18.0 Å². The van der Waals surface area contributed by atoms with Gasteiger partial charge in [0.1, 0.15) is 5.82 Å². The Hall–Kier alpha value is -1.17. The fourth-order valence-electron chi connectivity index (χ4n) is 2.58. The van der Waals surface area contributed by atoms with E-state index < -0.39 is 0 Å². The topological polar surface area (TPSA) is 49.3 Å². The molecule has 0 saturated carbocycles. The molecule has 1 amide bonds. The number of piperidine rings is 1. The van der Waals surface area contributed by atoms with Crippen molar-refractivity contribution in [2.24, 2.45) is 5.92 Å². The van der Waals surface area contributed by atoms with Gasteiger partial charge in [0.25, 0.3) is 0 Å². The van der Waals surface area contributed by atoms with Gasteiger partial charge in [-0.05, 0) is 26.2 Å². The number of carbonyl (C=O) groups excluding carboxylic acids is 1.